The predicted octanol–water partition coefficient (Wildman–Crippen LogP) is 3.96. The topological polar surface area (TPSA) is 104 Å². The van der Waals surface area contributed by atoms with Crippen molar-refractivity contribution in [3.63, 3.8) is 0 Å². The summed E-state index contributed by atoms with van der Waals surface area (Å²) in [5, 5.41) is 17.0. The minimum absolute atomic E-state index is 0.110. The number of hydrogen-bond acceptors (Lipinski definition) is 7. The Hall–Kier alpha value is -4.79. The lowest BCUT2D eigenvalue weighted by Gasteiger charge is -2.09. The second kappa shape index (κ2) is 10.0. The highest BCUT2D eigenvalue weighted by Gasteiger charge is 2.11. The van der Waals surface area contributed by atoms with E-state index < -0.39 is 0 Å². The Morgan fingerprint density at radius 1 is 0.971 bits per heavy atom. The van der Waals surface area contributed by atoms with Crippen molar-refractivity contribution < 1.29 is 14.3 Å². The number of tetrazole rings is 1. The van der Waals surface area contributed by atoms with Gasteiger partial charge in [0.15, 0.2) is 12.4 Å². The number of pyridine rings is 1. The highest BCUT2D eigenvalue weighted by atomic mass is 16.5. The predicted molar refractivity (Wildman–Crippen MR) is 131 cm³/mol. The third-order valence-corrected chi connectivity index (χ3v) is 5.41. The summed E-state index contributed by atoms with van der Waals surface area (Å²) in [5.41, 5.74) is 2.56. The van der Waals surface area contributed by atoms with Crippen molar-refractivity contribution in [3.05, 3.63) is 90.8 Å². The number of aromatic nitrogens is 5. The van der Waals surface area contributed by atoms with Crippen LogP contribution in [0, 0.1) is 0 Å². The van der Waals surface area contributed by atoms with E-state index >= 15 is 0 Å². The summed E-state index contributed by atoms with van der Waals surface area (Å²) < 4.78 is 12.7. The number of anilines is 1. The lowest BCUT2D eigenvalue weighted by molar-refractivity contribution is -0.118. The van der Waals surface area contributed by atoms with Crippen molar-refractivity contribution in [1.29, 1.82) is 0 Å². The van der Waals surface area contributed by atoms with Gasteiger partial charge in [0.05, 0.1) is 13.7 Å². The molecule has 1 amide bonds. The third-order valence-electron chi connectivity index (χ3n) is 5.41. The molecule has 3 aromatic carbocycles. The number of nitrogens with one attached hydrogen (secondary N) is 1. The second-order valence-corrected chi connectivity index (χ2v) is 7.81. The first-order chi connectivity index (χ1) is 17.2. The van der Waals surface area contributed by atoms with Crippen LogP contribution in [0.15, 0.2) is 85.2 Å². The Morgan fingerprint density at radius 3 is 2.71 bits per heavy atom. The van der Waals surface area contributed by atoms with Crippen molar-refractivity contribution in [3.8, 4) is 22.9 Å². The van der Waals surface area contributed by atoms with E-state index in [2.05, 4.69) is 25.8 Å². The number of rotatable bonds is 8. The van der Waals surface area contributed by atoms with Crippen LogP contribution in [0.25, 0.3) is 22.2 Å². The lowest BCUT2D eigenvalue weighted by Crippen LogP contribution is -2.20. The first-order valence-corrected chi connectivity index (χ1v) is 10.9. The molecule has 0 fully saturated rings. The zero-order valence-corrected chi connectivity index (χ0v) is 19.0. The molecule has 0 saturated carbocycles. The fourth-order valence-electron chi connectivity index (χ4n) is 3.67. The van der Waals surface area contributed by atoms with Crippen LogP contribution in [-0.4, -0.2) is 44.8 Å². The summed E-state index contributed by atoms with van der Waals surface area (Å²) >= 11 is 0. The van der Waals surface area contributed by atoms with Gasteiger partial charge in [0.1, 0.15) is 11.5 Å². The van der Waals surface area contributed by atoms with Gasteiger partial charge >= 0.3 is 0 Å². The molecule has 1 N–H and O–H groups in total. The summed E-state index contributed by atoms with van der Waals surface area (Å²) in [6, 6.07) is 22.6. The Balaban J connectivity index is 1.20. The van der Waals surface area contributed by atoms with Crippen molar-refractivity contribution in [1.82, 2.24) is 25.2 Å². The maximum Gasteiger partial charge on any atom is 0.262 e. The van der Waals surface area contributed by atoms with E-state index in [1.54, 1.807) is 36.3 Å². The molecule has 0 bridgehead atoms. The molecule has 174 valence electrons. The van der Waals surface area contributed by atoms with Crippen molar-refractivity contribution >= 4 is 22.4 Å². The minimum Gasteiger partial charge on any atom is -0.497 e. The maximum atomic E-state index is 12.4. The van der Waals surface area contributed by atoms with Gasteiger partial charge in [-0.15, -0.1) is 5.10 Å². The molecule has 0 aliphatic heterocycles. The van der Waals surface area contributed by atoms with Gasteiger partial charge in [0.25, 0.3) is 5.91 Å². The van der Waals surface area contributed by atoms with E-state index in [1.165, 1.54) is 0 Å². The van der Waals surface area contributed by atoms with Gasteiger partial charge in [-0.05, 0) is 76.0 Å². The molecule has 2 heterocycles. The van der Waals surface area contributed by atoms with Gasteiger partial charge in [-0.3, -0.25) is 9.78 Å². The number of amides is 1. The molecule has 0 atom stereocenters. The summed E-state index contributed by atoms with van der Waals surface area (Å²) in [6.45, 7) is 0.393. The molecule has 0 saturated heterocycles. The van der Waals surface area contributed by atoms with Crippen LogP contribution in [0.2, 0.25) is 0 Å². The highest BCUT2D eigenvalue weighted by molar-refractivity contribution is 5.95. The molecule has 0 aliphatic carbocycles. The van der Waals surface area contributed by atoms with Crippen molar-refractivity contribution in [2.24, 2.45) is 0 Å². The number of fused-ring (bicyclic) bond motifs is 1. The van der Waals surface area contributed by atoms with Gasteiger partial charge in [-0.2, -0.15) is 0 Å². The molecule has 9 heteroatoms. The Labute approximate surface area is 201 Å². The molecular formula is C26H22N6O3. The SMILES string of the molecule is COc1cccc(Cn2nnnc2-c2ccc(OCC(=O)Nc3ccc4cnccc4c3)cc2)c1. The Bertz CT molecular complexity index is 1470. The van der Waals surface area contributed by atoms with Crippen LogP contribution in [0.4, 0.5) is 5.69 Å². The maximum absolute atomic E-state index is 12.4. The Morgan fingerprint density at radius 2 is 1.86 bits per heavy atom. The monoisotopic (exact) mass is 466 g/mol. The molecule has 0 aliphatic rings. The largest absolute Gasteiger partial charge is 0.497 e. The number of nitrogens with zero attached hydrogens (tertiary/aromatic N) is 5. The van der Waals surface area contributed by atoms with Crippen LogP contribution in [0.5, 0.6) is 11.5 Å². The van der Waals surface area contributed by atoms with Crippen molar-refractivity contribution in [2.75, 3.05) is 19.0 Å². The molecule has 0 radical (unpaired) electrons. The van der Waals surface area contributed by atoms with E-state index in [-0.39, 0.29) is 12.5 Å². The van der Waals surface area contributed by atoms with Gasteiger partial charge in [-0.25, -0.2) is 4.68 Å². The standard InChI is InChI=1S/C26H22N6O3/c1-34-24-4-2-3-18(13-24)16-32-26(29-30-31-32)19-6-9-23(10-7-19)35-17-25(33)28-22-8-5-21-15-27-12-11-20(21)14-22/h2-15H,16-17H2,1H3,(H,28,33). The lowest BCUT2D eigenvalue weighted by atomic mass is 10.1. The molecule has 5 aromatic rings. The quantitative estimate of drug-likeness (QED) is 0.369. The molecule has 35 heavy (non-hydrogen) atoms. The van der Waals surface area contributed by atoms with Crippen LogP contribution >= 0.6 is 0 Å². The number of ether oxygens (including phenoxy) is 2. The summed E-state index contributed by atoms with van der Waals surface area (Å²) in [5.74, 6) is 1.73. The number of carbonyl (C=O) groups is 1. The summed E-state index contributed by atoms with van der Waals surface area (Å²) in [4.78, 5) is 16.4. The van der Waals surface area contributed by atoms with Crippen LogP contribution in [0.3, 0.4) is 0 Å². The van der Waals surface area contributed by atoms with E-state index in [1.807, 2.05) is 60.7 Å². The third kappa shape index (κ3) is 5.25. The minimum atomic E-state index is -0.246. The van der Waals surface area contributed by atoms with Gasteiger partial charge in [0.2, 0.25) is 0 Å². The number of methoxy groups -OCH3 is 1. The van der Waals surface area contributed by atoms with E-state index in [9.17, 15) is 4.79 Å². The van der Waals surface area contributed by atoms with Gasteiger partial charge in [-0.1, -0.05) is 18.2 Å². The summed E-state index contributed by atoms with van der Waals surface area (Å²) in [6.07, 6.45) is 3.50. The number of benzene rings is 3. The molecule has 9 nitrogen and oxygen atoms in total. The molecule has 2 aromatic heterocycles. The average molecular weight is 467 g/mol. The smallest absolute Gasteiger partial charge is 0.262 e. The highest BCUT2D eigenvalue weighted by Crippen LogP contribution is 2.22. The van der Waals surface area contributed by atoms with Crippen LogP contribution < -0.4 is 14.8 Å². The fraction of sp³-hybridized carbons (Fsp3) is 0.115. The van der Waals surface area contributed by atoms with E-state index in [4.69, 9.17) is 9.47 Å². The van der Waals surface area contributed by atoms with Crippen LogP contribution in [0.1, 0.15) is 5.56 Å². The van der Waals surface area contributed by atoms with Crippen molar-refractivity contribution in [2.45, 2.75) is 6.54 Å². The zero-order chi connectivity index (χ0) is 24.0. The Kier molecular flexibility index (Phi) is 6.29. The molecule has 0 spiro atoms. The van der Waals surface area contributed by atoms with E-state index in [0.717, 1.165) is 27.6 Å². The molecule has 0 unspecified atom stereocenters. The van der Waals surface area contributed by atoms with Crippen LogP contribution in [-0.2, 0) is 11.3 Å². The first kappa shape index (κ1) is 22.0. The fourth-order valence-corrected chi connectivity index (χ4v) is 3.67. The first-order valence-electron chi connectivity index (χ1n) is 10.9. The molecule has 5 rings (SSSR count). The number of hydrogen-bond donors (Lipinski definition) is 1. The molecular weight excluding hydrogens is 444 g/mol. The zero-order valence-electron chi connectivity index (χ0n) is 19.0. The van der Waals surface area contributed by atoms with E-state index in [0.29, 0.717) is 23.8 Å². The van der Waals surface area contributed by atoms with Gasteiger partial charge < -0.3 is 14.8 Å². The van der Waals surface area contributed by atoms with Gasteiger partial charge in [0, 0.05) is 29.0 Å². The average Bonchev–Trinajstić information content (AvgIpc) is 3.36. The number of carbonyl (C=O) groups excluding carboxylic acids is 1. The normalized spacial score (nSPS) is 10.8. The summed E-state index contributed by atoms with van der Waals surface area (Å²) in [7, 11) is 1.64. The second-order valence-electron chi connectivity index (χ2n) is 7.81.